The Labute approximate surface area is 159 Å². The summed E-state index contributed by atoms with van der Waals surface area (Å²) in [6, 6.07) is 11.0. The number of thiophene rings is 1. The van der Waals surface area contributed by atoms with Crippen molar-refractivity contribution < 1.29 is 8.42 Å². The molecule has 2 aromatic rings. The van der Waals surface area contributed by atoms with E-state index in [1.54, 1.807) is 35.6 Å². The second-order valence-corrected chi connectivity index (χ2v) is 8.71. The Kier molecular flexibility index (Phi) is 7.62. The van der Waals surface area contributed by atoms with Crippen LogP contribution in [0.4, 0.5) is 0 Å². The van der Waals surface area contributed by atoms with Crippen LogP contribution in [0.1, 0.15) is 30.2 Å². The highest BCUT2D eigenvalue weighted by atomic mass is 32.2. The number of guanidine groups is 1. The predicted octanol–water partition coefficient (Wildman–Crippen LogP) is 2.52. The van der Waals surface area contributed by atoms with Crippen LogP contribution in [0.3, 0.4) is 0 Å². The third-order valence-electron chi connectivity index (χ3n) is 3.87. The third-order valence-corrected chi connectivity index (χ3v) is 6.40. The lowest BCUT2D eigenvalue weighted by Gasteiger charge is -2.15. The number of benzene rings is 1. The Bertz CT molecular complexity index is 800. The van der Waals surface area contributed by atoms with Gasteiger partial charge in [-0.1, -0.05) is 25.1 Å². The lowest BCUT2D eigenvalue weighted by atomic mass is 10.1. The van der Waals surface area contributed by atoms with E-state index in [2.05, 4.69) is 44.8 Å². The van der Waals surface area contributed by atoms with Crippen LogP contribution in [0.15, 0.2) is 51.7 Å². The molecule has 0 bridgehead atoms. The van der Waals surface area contributed by atoms with Gasteiger partial charge in [0.1, 0.15) is 0 Å². The quantitative estimate of drug-likeness (QED) is 0.475. The molecule has 1 atom stereocenters. The zero-order chi connectivity index (χ0) is 19.0. The smallest absolute Gasteiger partial charge is 0.240 e. The van der Waals surface area contributed by atoms with Crippen molar-refractivity contribution in [2.45, 2.75) is 31.2 Å². The largest absolute Gasteiger partial charge is 0.357 e. The van der Waals surface area contributed by atoms with Gasteiger partial charge in [-0.25, -0.2) is 18.1 Å². The molecule has 0 aliphatic carbocycles. The first kappa shape index (κ1) is 20.4. The molecule has 0 aliphatic rings. The Hall–Kier alpha value is -1.90. The lowest BCUT2D eigenvalue weighted by molar-refractivity contribution is 0.588. The zero-order valence-corrected chi connectivity index (χ0v) is 17.0. The first-order valence-corrected chi connectivity index (χ1v) is 10.9. The number of nitrogens with zero attached hydrogens (tertiary/aromatic N) is 1. The van der Waals surface area contributed by atoms with Crippen molar-refractivity contribution in [3.63, 3.8) is 0 Å². The molecule has 142 valence electrons. The van der Waals surface area contributed by atoms with Gasteiger partial charge in [0.15, 0.2) is 5.96 Å². The number of nitrogens with one attached hydrogen (secondary N) is 3. The van der Waals surface area contributed by atoms with Crippen molar-refractivity contribution in [2.24, 2.45) is 4.99 Å². The summed E-state index contributed by atoms with van der Waals surface area (Å²) >= 11 is 1.76. The van der Waals surface area contributed by atoms with E-state index >= 15 is 0 Å². The fourth-order valence-electron chi connectivity index (χ4n) is 2.33. The SMILES string of the molecule is CCNC(=NCc1ccc(S(=O)(=O)NC)cc1)NCC(C)c1cccs1. The molecule has 0 aliphatic heterocycles. The lowest BCUT2D eigenvalue weighted by Crippen LogP contribution is -2.39. The Morgan fingerprint density at radius 3 is 2.50 bits per heavy atom. The van der Waals surface area contributed by atoms with Gasteiger partial charge >= 0.3 is 0 Å². The maximum Gasteiger partial charge on any atom is 0.240 e. The van der Waals surface area contributed by atoms with E-state index in [0.717, 1.165) is 24.6 Å². The molecule has 0 saturated carbocycles. The van der Waals surface area contributed by atoms with E-state index in [4.69, 9.17) is 0 Å². The van der Waals surface area contributed by atoms with Crippen LogP contribution in [0.5, 0.6) is 0 Å². The van der Waals surface area contributed by atoms with Crippen LogP contribution < -0.4 is 15.4 Å². The standard InChI is InChI=1S/C18H26N4O2S2/c1-4-20-18(21-12-14(2)17-6-5-11-25-17)22-13-15-7-9-16(10-8-15)26(23,24)19-3/h5-11,14,19H,4,12-13H2,1-3H3,(H2,20,21,22). The van der Waals surface area contributed by atoms with E-state index in [9.17, 15) is 8.42 Å². The summed E-state index contributed by atoms with van der Waals surface area (Å²) in [6.07, 6.45) is 0. The fraction of sp³-hybridized carbons (Fsp3) is 0.389. The van der Waals surface area contributed by atoms with Crippen molar-refractivity contribution in [3.05, 3.63) is 52.2 Å². The molecule has 0 radical (unpaired) electrons. The zero-order valence-electron chi connectivity index (χ0n) is 15.3. The number of sulfonamides is 1. The van der Waals surface area contributed by atoms with Gasteiger partial charge in [0.25, 0.3) is 0 Å². The van der Waals surface area contributed by atoms with Gasteiger partial charge < -0.3 is 10.6 Å². The van der Waals surface area contributed by atoms with E-state index < -0.39 is 10.0 Å². The van der Waals surface area contributed by atoms with Gasteiger partial charge in [0.05, 0.1) is 11.4 Å². The molecule has 0 spiro atoms. The van der Waals surface area contributed by atoms with Crippen LogP contribution in [-0.2, 0) is 16.6 Å². The summed E-state index contributed by atoms with van der Waals surface area (Å²) in [4.78, 5) is 6.18. The van der Waals surface area contributed by atoms with Crippen molar-refractivity contribution in [2.75, 3.05) is 20.1 Å². The molecule has 0 amide bonds. The van der Waals surface area contributed by atoms with Crippen molar-refractivity contribution in [1.82, 2.24) is 15.4 Å². The van der Waals surface area contributed by atoms with E-state index in [-0.39, 0.29) is 4.90 Å². The highest BCUT2D eigenvalue weighted by molar-refractivity contribution is 7.89. The minimum Gasteiger partial charge on any atom is -0.357 e. The minimum atomic E-state index is -3.40. The summed E-state index contributed by atoms with van der Waals surface area (Å²) in [5.74, 6) is 1.16. The van der Waals surface area contributed by atoms with Crippen molar-refractivity contribution in [3.8, 4) is 0 Å². The summed E-state index contributed by atoms with van der Waals surface area (Å²) in [5.41, 5.74) is 0.948. The Morgan fingerprint density at radius 1 is 1.19 bits per heavy atom. The first-order chi connectivity index (χ1) is 12.5. The van der Waals surface area contributed by atoms with Crippen molar-refractivity contribution >= 4 is 27.3 Å². The summed E-state index contributed by atoms with van der Waals surface area (Å²) in [5, 5.41) is 8.68. The molecule has 0 fully saturated rings. The maximum absolute atomic E-state index is 11.8. The molecule has 8 heteroatoms. The molecule has 1 aromatic heterocycles. The molecule has 1 heterocycles. The summed E-state index contributed by atoms with van der Waals surface area (Å²) in [7, 11) is -2.00. The van der Waals surface area contributed by atoms with Gasteiger partial charge in [-0.05, 0) is 43.1 Å². The van der Waals surface area contributed by atoms with Crippen LogP contribution >= 0.6 is 11.3 Å². The monoisotopic (exact) mass is 394 g/mol. The molecule has 2 rings (SSSR count). The normalized spacial score (nSPS) is 13.4. The second-order valence-electron chi connectivity index (χ2n) is 5.84. The molecule has 3 N–H and O–H groups in total. The maximum atomic E-state index is 11.8. The average molecular weight is 395 g/mol. The van der Waals surface area contributed by atoms with Gasteiger partial charge in [-0.2, -0.15) is 0 Å². The number of hydrogen-bond donors (Lipinski definition) is 3. The minimum absolute atomic E-state index is 0.252. The fourth-order valence-corrected chi connectivity index (χ4v) is 3.84. The molecule has 26 heavy (non-hydrogen) atoms. The van der Waals surface area contributed by atoms with Crippen LogP contribution in [0.25, 0.3) is 0 Å². The third kappa shape index (κ3) is 5.82. The van der Waals surface area contributed by atoms with Crippen LogP contribution in [0.2, 0.25) is 0 Å². The number of rotatable bonds is 8. The van der Waals surface area contributed by atoms with E-state index in [0.29, 0.717) is 12.5 Å². The van der Waals surface area contributed by atoms with Gasteiger partial charge in [0.2, 0.25) is 10.0 Å². The molecule has 6 nitrogen and oxygen atoms in total. The molecular formula is C18H26N4O2S2. The van der Waals surface area contributed by atoms with Gasteiger partial charge in [0, 0.05) is 23.9 Å². The topological polar surface area (TPSA) is 82.6 Å². The molecular weight excluding hydrogens is 368 g/mol. The Balaban J connectivity index is 1.97. The van der Waals surface area contributed by atoms with E-state index in [1.165, 1.54) is 11.9 Å². The highest BCUT2D eigenvalue weighted by Crippen LogP contribution is 2.19. The molecule has 1 aromatic carbocycles. The molecule has 1 unspecified atom stereocenters. The average Bonchev–Trinajstić information content (AvgIpc) is 3.19. The van der Waals surface area contributed by atoms with Gasteiger partial charge in [-0.15, -0.1) is 11.3 Å². The predicted molar refractivity (Wildman–Crippen MR) is 108 cm³/mol. The van der Waals surface area contributed by atoms with E-state index in [1.807, 2.05) is 6.92 Å². The summed E-state index contributed by atoms with van der Waals surface area (Å²) < 4.78 is 25.8. The molecule has 0 saturated heterocycles. The number of aliphatic imine (C=N–C) groups is 1. The van der Waals surface area contributed by atoms with Crippen LogP contribution in [-0.4, -0.2) is 34.5 Å². The van der Waals surface area contributed by atoms with Crippen LogP contribution in [0, 0.1) is 0 Å². The number of hydrogen-bond acceptors (Lipinski definition) is 4. The highest BCUT2D eigenvalue weighted by Gasteiger charge is 2.10. The second kappa shape index (κ2) is 9.70. The Morgan fingerprint density at radius 2 is 1.92 bits per heavy atom. The summed E-state index contributed by atoms with van der Waals surface area (Å²) in [6.45, 7) is 6.26. The first-order valence-electron chi connectivity index (χ1n) is 8.54. The van der Waals surface area contributed by atoms with Gasteiger partial charge in [-0.3, -0.25) is 0 Å². The van der Waals surface area contributed by atoms with Crippen molar-refractivity contribution in [1.29, 1.82) is 0 Å².